The molecule has 134 valence electrons. The maximum absolute atomic E-state index is 12.4. The minimum Gasteiger partial charge on any atom is -0.380 e. The van der Waals surface area contributed by atoms with E-state index >= 15 is 0 Å². The highest BCUT2D eigenvalue weighted by atomic mass is 32.1. The van der Waals surface area contributed by atoms with Gasteiger partial charge in [-0.15, -0.1) is 11.3 Å². The summed E-state index contributed by atoms with van der Waals surface area (Å²) >= 11 is 1.60. The number of H-pyrrole nitrogens is 1. The van der Waals surface area contributed by atoms with Crippen molar-refractivity contribution in [3.8, 4) is 10.6 Å². The first-order chi connectivity index (χ1) is 12.7. The standard InChI is InChI=1S/C19H20N4O2S/c1-25-15-8-9-23(12-15)14-6-4-13(5-7-14)20-19(24)17-11-16(21-22-17)18-3-2-10-26-18/h2-7,10-11,15H,8-9,12H2,1H3,(H,20,24)(H,21,22). The first-order valence-electron chi connectivity index (χ1n) is 8.51. The van der Waals surface area contributed by atoms with Gasteiger partial charge in [-0.2, -0.15) is 5.10 Å². The van der Waals surface area contributed by atoms with Gasteiger partial charge < -0.3 is 15.0 Å². The lowest BCUT2D eigenvalue weighted by molar-refractivity contribution is 0.102. The van der Waals surface area contributed by atoms with Crippen LogP contribution >= 0.6 is 11.3 Å². The molecule has 6 nitrogen and oxygen atoms in total. The first kappa shape index (κ1) is 16.8. The summed E-state index contributed by atoms with van der Waals surface area (Å²) in [6.45, 7) is 1.89. The zero-order valence-corrected chi connectivity index (χ0v) is 15.3. The van der Waals surface area contributed by atoms with Crippen LogP contribution < -0.4 is 10.2 Å². The molecule has 0 saturated carbocycles. The second-order valence-electron chi connectivity index (χ2n) is 6.24. The van der Waals surface area contributed by atoms with Crippen molar-refractivity contribution in [3.05, 3.63) is 53.5 Å². The Morgan fingerprint density at radius 3 is 2.88 bits per heavy atom. The second-order valence-corrected chi connectivity index (χ2v) is 7.19. The van der Waals surface area contributed by atoms with Crippen LogP contribution in [0.25, 0.3) is 10.6 Å². The lowest BCUT2D eigenvalue weighted by atomic mass is 10.2. The monoisotopic (exact) mass is 368 g/mol. The summed E-state index contributed by atoms with van der Waals surface area (Å²) in [5, 5.41) is 11.9. The van der Waals surface area contributed by atoms with E-state index in [1.807, 2.05) is 41.8 Å². The minimum atomic E-state index is -0.225. The second kappa shape index (κ2) is 7.31. The van der Waals surface area contributed by atoms with Gasteiger partial charge in [0.05, 0.1) is 16.7 Å². The van der Waals surface area contributed by atoms with Crippen molar-refractivity contribution >= 4 is 28.6 Å². The van der Waals surface area contributed by atoms with Crippen molar-refractivity contribution in [1.29, 1.82) is 0 Å². The molecule has 0 bridgehead atoms. The molecule has 1 amide bonds. The van der Waals surface area contributed by atoms with E-state index in [1.54, 1.807) is 24.5 Å². The van der Waals surface area contributed by atoms with Crippen molar-refractivity contribution in [2.24, 2.45) is 0 Å². The Kier molecular flexibility index (Phi) is 4.73. The van der Waals surface area contributed by atoms with Gasteiger partial charge in [0.25, 0.3) is 5.91 Å². The SMILES string of the molecule is COC1CCN(c2ccc(NC(=O)c3cc(-c4cccs4)[nH]n3)cc2)C1. The number of carbonyl (C=O) groups excluding carboxylic acids is 1. The van der Waals surface area contributed by atoms with Crippen molar-refractivity contribution in [2.75, 3.05) is 30.4 Å². The number of ether oxygens (including phenoxy) is 1. The van der Waals surface area contributed by atoms with E-state index in [9.17, 15) is 4.79 Å². The molecule has 0 aliphatic carbocycles. The number of benzene rings is 1. The number of nitrogens with zero attached hydrogens (tertiary/aromatic N) is 2. The average molecular weight is 368 g/mol. The van der Waals surface area contributed by atoms with Gasteiger partial charge in [-0.1, -0.05) is 6.07 Å². The maximum atomic E-state index is 12.4. The molecule has 1 saturated heterocycles. The summed E-state index contributed by atoms with van der Waals surface area (Å²) in [5.41, 5.74) is 3.12. The molecule has 7 heteroatoms. The van der Waals surface area contributed by atoms with Crippen LogP contribution in [0, 0.1) is 0 Å². The molecule has 0 radical (unpaired) electrons. The normalized spacial score (nSPS) is 16.8. The molecule has 2 aromatic heterocycles. The number of thiophene rings is 1. The van der Waals surface area contributed by atoms with Gasteiger partial charge in [0.15, 0.2) is 5.69 Å². The molecule has 4 rings (SSSR count). The lowest BCUT2D eigenvalue weighted by Gasteiger charge is -2.18. The zero-order chi connectivity index (χ0) is 17.9. The van der Waals surface area contributed by atoms with Crippen LogP contribution in [0.5, 0.6) is 0 Å². The van der Waals surface area contributed by atoms with Crippen molar-refractivity contribution in [2.45, 2.75) is 12.5 Å². The predicted molar refractivity (Wildman–Crippen MR) is 104 cm³/mol. The largest absolute Gasteiger partial charge is 0.380 e. The first-order valence-corrected chi connectivity index (χ1v) is 9.39. The third kappa shape index (κ3) is 3.49. The van der Waals surface area contributed by atoms with Gasteiger partial charge in [0.1, 0.15) is 0 Å². The van der Waals surface area contributed by atoms with E-state index in [1.165, 1.54) is 0 Å². The van der Waals surface area contributed by atoms with Crippen molar-refractivity contribution in [3.63, 3.8) is 0 Å². The molecule has 3 heterocycles. The summed E-state index contributed by atoms with van der Waals surface area (Å²) in [7, 11) is 1.76. The Labute approximate surface area is 155 Å². The number of aromatic amines is 1. The highest BCUT2D eigenvalue weighted by Gasteiger charge is 2.22. The third-order valence-corrected chi connectivity index (χ3v) is 5.47. The zero-order valence-electron chi connectivity index (χ0n) is 14.4. The maximum Gasteiger partial charge on any atom is 0.276 e. The average Bonchev–Trinajstić information content (AvgIpc) is 3.42. The molecule has 1 atom stereocenters. The number of anilines is 2. The quantitative estimate of drug-likeness (QED) is 0.722. The molecular weight excluding hydrogens is 348 g/mol. The Morgan fingerprint density at radius 1 is 1.35 bits per heavy atom. The van der Waals surface area contributed by atoms with Gasteiger partial charge in [-0.25, -0.2) is 0 Å². The van der Waals surface area contributed by atoms with Crippen LogP contribution in [0.3, 0.4) is 0 Å². The molecule has 1 aromatic carbocycles. The van der Waals surface area contributed by atoms with Gasteiger partial charge in [0, 0.05) is 31.6 Å². The van der Waals surface area contributed by atoms with E-state index in [0.717, 1.165) is 41.5 Å². The van der Waals surface area contributed by atoms with E-state index < -0.39 is 0 Å². The molecular formula is C19H20N4O2S. The molecule has 0 spiro atoms. The van der Waals surface area contributed by atoms with Gasteiger partial charge >= 0.3 is 0 Å². The van der Waals surface area contributed by atoms with Crippen LogP contribution in [0.1, 0.15) is 16.9 Å². The number of rotatable bonds is 5. The van der Waals surface area contributed by atoms with Crippen molar-refractivity contribution in [1.82, 2.24) is 10.2 Å². The number of hydrogen-bond acceptors (Lipinski definition) is 5. The minimum absolute atomic E-state index is 0.225. The van der Waals surface area contributed by atoms with E-state index in [0.29, 0.717) is 11.8 Å². The topological polar surface area (TPSA) is 70.2 Å². The Balaban J connectivity index is 1.40. The Morgan fingerprint density at radius 2 is 2.19 bits per heavy atom. The molecule has 1 unspecified atom stereocenters. The number of hydrogen-bond donors (Lipinski definition) is 2. The number of nitrogens with one attached hydrogen (secondary N) is 2. The number of amides is 1. The highest BCUT2D eigenvalue weighted by molar-refractivity contribution is 7.13. The molecule has 1 aliphatic heterocycles. The van der Waals surface area contributed by atoms with Gasteiger partial charge in [-0.05, 0) is 48.2 Å². The summed E-state index contributed by atoms with van der Waals surface area (Å²) in [5.74, 6) is -0.225. The van der Waals surface area contributed by atoms with Gasteiger partial charge in [0.2, 0.25) is 0 Å². The van der Waals surface area contributed by atoms with Crippen LogP contribution in [-0.4, -0.2) is 42.4 Å². The van der Waals surface area contributed by atoms with Crippen molar-refractivity contribution < 1.29 is 9.53 Å². The highest BCUT2D eigenvalue weighted by Crippen LogP contribution is 2.25. The number of aromatic nitrogens is 2. The van der Waals surface area contributed by atoms with Gasteiger partial charge in [-0.3, -0.25) is 9.89 Å². The van der Waals surface area contributed by atoms with E-state index in [2.05, 4.69) is 20.4 Å². The molecule has 26 heavy (non-hydrogen) atoms. The van der Waals surface area contributed by atoms with Crippen LogP contribution in [0.15, 0.2) is 47.8 Å². The third-order valence-electron chi connectivity index (χ3n) is 4.57. The fraction of sp³-hybridized carbons (Fsp3) is 0.263. The summed E-state index contributed by atoms with van der Waals surface area (Å²) in [6, 6.07) is 13.6. The number of carbonyl (C=O) groups is 1. The summed E-state index contributed by atoms with van der Waals surface area (Å²) < 4.78 is 5.41. The molecule has 1 fully saturated rings. The molecule has 3 aromatic rings. The fourth-order valence-electron chi connectivity index (χ4n) is 3.10. The number of methoxy groups -OCH3 is 1. The Bertz CT molecular complexity index is 873. The smallest absolute Gasteiger partial charge is 0.276 e. The fourth-order valence-corrected chi connectivity index (χ4v) is 3.79. The predicted octanol–water partition coefficient (Wildman–Crippen LogP) is 3.62. The summed E-state index contributed by atoms with van der Waals surface area (Å²) in [4.78, 5) is 15.8. The summed E-state index contributed by atoms with van der Waals surface area (Å²) in [6.07, 6.45) is 1.34. The Hall–Kier alpha value is -2.64. The van der Waals surface area contributed by atoms with E-state index in [4.69, 9.17) is 4.74 Å². The van der Waals surface area contributed by atoms with Crippen LogP contribution in [0.2, 0.25) is 0 Å². The van der Waals surface area contributed by atoms with Crippen LogP contribution in [0.4, 0.5) is 11.4 Å². The molecule has 1 aliphatic rings. The lowest BCUT2D eigenvalue weighted by Crippen LogP contribution is -2.22. The van der Waals surface area contributed by atoms with Crippen LogP contribution in [-0.2, 0) is 4.74 Å². The molecule has 2 N–H and O–H groups in total. The van der Waals surface area contributed by atoms with E-state index in [-0.39, 0.29) is 5.91 Å².